The first-order chi connectivity index (χ1) is 8.56. The van der Waals surface area contributed by atoms with Crippen molar-refractivity contribution in [2.45, 2.75) is 13.8 Å². The van der Waals surface area contributed by atoms with Crippen LogP contribution in [0.15, 0.2) is 30.5 Å². The molecule has 2 aromatic rings. The van der Waals surface area contributed by atoms with Gasteiger partial charge in [0.05, 0.1) is 0 Å². The van der Waals surface area contributed by atoms with Crippen LogP contribution in [-0.2, 0) is 0 Å². The zero-order valence-electron chi connectivity index (χ0n) is 10.1. The van der Waals surface area contributed by atoms with Crippen LogP contribution >= 0.6 is 0 Å². The molecule has 2 N–H and O–H groups in total. The van der Waals surface area contributed by atoms with Gasteiger partial charge >= 0.3 is 5.97 Å². The van der Waals surface area contributed by atoms with E-state index in [9.17, 15) is 4.79 Å². The lowest BCUT2D eigenvalue weighted by Gasteiger charge is -2.08. The lowest BCUT2D eigenvalue weighted by Crippen LogP contribution is -2.05. The molecule has 0 fully saturated rings. The van der Waals surface area contributed by atoms with Crippen LogP contribution in [0, 0.1) is 13.8 Å². The van der Waals surface area contributed by atoms with Crippen molar-refractivity contribution < 1.29 is 9.90 Å². The number of aromatic nitrogens is 2. The third kappa shape index (κ3) is 2.63. The van der Waals surface area contributed by atoms with Gasteiger partial charge in [0.15, 0.2) is 5.69 Å². The van der Waals surface area contributed by atoms with E-state index in [4.69, 9.17) is 5.11 Å². The van der Waals surface area contributed by atoms with Crippen LogP contribution in [0.4, 0.5) is 11.6 Å². The van der Waals surface area contributed by atoms with Crippen molar-refractivity contribution in [2.75, 3.05) is 5.32 Å². The number of carboxylic acid groups (broad SMARTS) is 1. The quantitative estimate of drug-likeness (QED) is 0.866. The summed E-state index contributed by atoms with van der Waals surface area (Å²) in [7, 11) is 0. The molecule has 2 rings (SSSR count). The number of hydrogen-bond donors (Lipinski definition) is 2. The van der Waals surface area contributed by atoms with Crippen LogP contribution in [0.2, 0.25) is 0 Å². The Morgan fingerprint density at radius 2 is 2.06 bits per heavy atom. The van der Waals surface area contributed by atoms with Crippen molar-refractivity contribution in [3.05, 3.63) is 47.3 Å². The molecule has 1 heterocycles. The molecule has 1 aromatic heterocycles. The minimum atomic E-state index is -1.07. The van der Waals surface area contributed by atoms with E-state index in [1.807, 2.05) is 32.0 Å². The first-order valence-electron chi connectivity index (χ1n) is 5.47. The monoisotopic (exact) mass is 243 g/mol. The maximum Gasteiger partial charge on any atom is 0.354 e. The number of aromatic carboxylic acids is 1. The zero-order valence-corrected chi connectivity index (χ0v) is 10.1. The molecule has 18 heavy (non-hydrogen) atoms. The number of nitrogens with zero attached hydrogens (tertiary/aromatic N) is 2. The van der Waals surface area contributed by atoms with Crippen molar-refractivity contribution in [2.24, 2.45) is 0 Å². The second-order valence-corrected chi connectivity index (χ2v) is 4.01. The van der Waals surface area contributed by atoms with E-state index < -0.39 is 5.97 Å². The number of nitrogens with one attached hydrogen (secondary N) is 1. The third-order valence-electron chi connectivity index (χ3n) is 2.50. The fraction of sp³-hybridized carbons (Fsp3) is 0.154. The SMILES string of the molecule is Cc1ccc(Nc2nccc(C(=O)O)n2)c(C)c1. The summed E-state index contributed by atoms with van der Waals surface area (Å²) >= 11 is 0. The third-order valence-corrected chi connectivity index (χ3v) is 2.50. The molecule has 0 spiro atoms. The number of carbonyl (C=O) groups is 1. The van der Waals surface area contributed by atoms with Crippen molar-refractivity contribution >= 4 is 17.6 Å². The Labute approximate surface area is 105 Å². The maximum atomic E-state index is 10.8. The molecule has 5 nitrogen and oxygen atoms in total. The van der Waals surface area contributed by atoms with Gasteiger partial charge in [-0.25, -0.2) is 14.8 Å². The van der Waals surface area contributed by atoms with E-state index in [0.29, 0.717) is 0 Å². The van der Waals surface area contributed by atoms with Gasteiger partial charge in [-0.1, -0.05) is 17.7 Å². The number of aryl methyl sites for hydroxylation is 2. The van der Waals surface area contributed by atoms with Crippen LogP contribution in [0.25, 0.3) is 0 Å². The van der Waals surface area contributed by atoms with E-state index >= 15 is 0 Å². The second-order valence-electron chi connectivity index (χ2n) is 4.01. The summed E-state index contributed by atoms with van der Waals surface area (Å²) in [5.74, 6) is -0.789. The first-order valence-corrected chi connectivity index (χ1v) is 5.47. The highest BCUT2D eigenvalue weighted by atomic mass is 16.4. The smallest absolute Gasteiger partial charge is 0.354 e. The predicted molar refractivity (Wildman–Crippen MR) is 68.2 cm³/mol. The van der Waals surface area contributed by atoms with E-state index in [1.54, 1.807) is 0 Å². The molecule has 0 aliphatic heterocycles. The van der Waals surface area contributed by atoms with Gasteiger partial charge in [-0.3, -0.25) is 0 Å². The van der Waals surface area contributed by atoms with Gasteiger partial charge in [-0.05, 0) is 31.5 Å². The molecule has 5 heteroatoms. The zero-order chi connectivity index (χ0) is 13.1. The second kappa shape index (κ2) is 4.83. The number of carboxylic acids is 1. The molecule has 0 aliphatic rings. The Hall–Kier alpha value is -2.43. The molecule has 0 aliphatic carbocycles. The van der Waals surface area contributed by atoms with Gasteiger partial charge in [0.1, 0.15) is 0 Å². The topological polar surface area (TPSA) is 75.1 Å². The Kier molecular flexibility index (Phi) is 3.23. The van der Waals surface area contributed by atoms with Gasteiger partial charge in [-0.15, -0.1) is 0 Å². The normalized spacial score (nSPS) is 10.1. The van der Waals surface area contributed by atoms with Gasteiger partial charge < -0.3 is 10.4 Å². The average molecular weight is 243 g/mol. The molecular formula is C13H13N3O2. The number of benzene rings is 1. The molecule has 0 saturated heterocycles. The van der Waals surface area contributed by atoms with E-state index in [1.165, 1.54) is 17.8 Å². The summed E-state index contributed by atoms with van der Waals surface area (Å²) in [6, 6.07) is 7.27. The lowest BCUT2D eigenvalue weighted by molar-refractivity contribution is 0.0690. The summed E-state index contributed by atoms with van der Waals surface area (Å²) in [5.41, 5.74) is 3.05. The van der Waals surface area contributed by atoms with Crippen LogP contribution < -0.4 is 5.32 Å². The van der Waals surface area contributed by atoms with Crippen LogP contribution in [-0.4, -0.2) is 21.0 Å². The Morgan fingerprint density at radius 1 is 1.28 bits per heavy atom. The highest BCUT2D eigenvalue weighted by molar-refractivity contribution is 5.85. The van der Waals surface area contributed by atoms with Gasteiger partial charge in [0, 0.05) is 11.9 Å². The summed E-state index contributed by atoms with van der Waals surface area (Å²) in [5, 5.41) is 11.9. The molecule has 1 aromatic carbocycles. The summed E-state index contributed by atoms with van der Waals surface area (Å²) in [6.07, 6.45) is 1.42. The average Bonchev–Trinajstić information content (AvgIpc) is 2.33. The maximum absolute atomic E-state index is 10.8. The summed E-state index contributed by atoms with van der Waals surface area (Å²) in [4.78, 5) is 18.7. The molecule has 0 atom stereocenters. The highest BCUT2D eigenvalue weighted by Gasteiger charge is 2.07. The predicted octanol–water partition coefficient (Wildman–Crippen LogP) is 2.54. The number of anilines is 2. The highest BCUT2D eigenvalue weighted by Crippen LogP contribution is 2.19. The molecule has 0 bridgehead atoms. The van der Waals surface area contributed by atoms with Crippen LogP contribution in [0.5, 0.6) is 0 Å². The Bertz CT molecular complexity index is 597. The molecule has 0 saturated carbocycles. The summed E-state index contributed by atoms with van der Waals surface area (Å²) in [6.45, 7) is 3.98. The Balaban J connectivity index is 2.28. The fourth-order valence-corrected chi connectivity index (χ4v) is 1.61. The minimum Gasteiger partial charge on any atom is -0.477 e. The lowest BCUT2D eigenvalue weighted by atomic mass is 10.1. The molecule has 0 radical (unpaired) electrons. The standard InChI is InChI=1S/C13H13N3O2/c1-8-3-4-10(9(2)7-8)15-13-14-6-5-11(16-13)12(17)18/h3-7H,1-2H3,(H,17,18)(H,14,15,16). The van der Waals surface area contributed by atoms with Gasteiger partial charge in [-0.2, -0.15) is 0 Å². The molecule has 92 valence electrons. The number of hydrogen-bond acceptors (Lipinski definition) is 4. The van der Waals surface area contributed by atoms with Gasteiger partial charge in [0.2, 0.25) is 5.95 Å². The van der Waals surface area contributed by atoms with E-state index in [-0.39, 0.29) is 11.6 Å². The minimum absolute atomic E-state index is 0.0303. The van der Waals surface area contributed by atoms with Crippen molar-refractivity contribution in [1.82, 2.24) is 9.97 Å². The van der Waals surface area contributed by atoms with Crippen molar-refractivity contribution in [3.63, 3.8) is 0 Å². The first kappa shape index (κ1) is 12.0. The molecule has 0 unspecified atom stereocenters. The summed E-state index contributed by atoms with van der Waals surface area (Å²) < 4.78 is 0. The molecular weight excluding hydrogens is 230 g/mol. The van der Waals surface area contributed by atoms with E-state index in [2.05, 4.69) is 15.3 Å². The van der Waals surface area contributed by atoms with Crippen LogP contribution in [0.1, 0.15) is 21.6 Å². The van der Waals surface area contributed by atoms with E-state index in [0.717, 1.165) is 11.3 Å². The van der Waals surface area contributed by atoms with Crippen molar-refractivity contribution in [1.29, 1.82) is 0 Å². The largest absolute Gasteiger partial charge is 0.477 e. The Morgan fingerprint density at radius 3 is 2.72 bits per heavy atom. The fourth-order valence-electron chi connectivity index (χ4n) is 1.61. The number of rotatable bonds is 3. The van der Waals surface area contributed by atoms with Crippen LogP contribution in [0.3, 0.4) is 0 Å². The molecule has 0 amide bonds. The van der Waals surface area contributed by atoms with Crippen molar-refractivity contribution in [3.8, 4) is 0 Å². The van der Waals surface area contributed by atoms with Gasteiger partial charge in [0.25, 0.3) is 0 Å².